The lowest BCUT2D eigenvalue weighted by Crippen LogP contribution is -2.15. The Hall–Kier alpha value is -3.97. The quantitative estimate of drug-likeness (QED) is 0.344. The van der Waals surface area contributed by atoms with Gasteiger partial charge in [-0.1, -0.05) is 66.4 Å². The van der Waals surface area contributed by atoms with Gasteiger partial charge < -0.3 is 5.32 Å². The van der Waals surface area contributed by atoms with Gasteiger partial charge in [0.15, 0.2) is 11.0 Å². The number of carbonyl (C=O) groups is 1. The van der Waals surface area contributed by atoms with Crippen LogP contribution in [0.25, 0.3) is 27.8 Å². The highest BCUT2D eigenvalue weighted by Gasteiger charge is 2.18. The van der Waals surface area contributed by atoms with Crippen molar-refractivity contribution in [3.8, 4) is 17.1 Å². The molecule has 0 radical (unpaired) electrons. The SMILES string of the molecule is Cc1ccccc1-n1c(SCC(=O)Nc2cccc3ccccc23)nnc1-c1cccnc1. The Kier molecular flexibility index (Phi) is 5.87. The molecule has 0 atom stereocenters. The Morgan fingerprint density at radius 3 is 2.61 bits per heavy atom. The Balaban J connectivity index is 1.42. The second-order valence-electron chi connectivity index (χ2n) is 7.53. The van der Waals surface area contributed by atoms with Gasteiger partial charge in [0, 0.05) is 29.0 Å². The van der Waals surface area contributed by atoms with E-state index in [2.05, 4.69) is 20.5 Å². The number of aromatic nitrogens is 4. The molecule has 0 spiro atoms. The van der Waals surface area contributed by atoms with Crippen molar-refractivity contribution in [1.82, 2.24) is 19.7 Å². The van der Waals surface area contributed by atoms with Crippen LogP contribution in [-0.2, 0) is 4.79 Å². The molecular formula is C26H21N5OS. The van der Waals surface area contributed by atoms with Gasteiger partial charge in [0.05, 0.1) is 11.4 Å². The Morgan fingerprint density at radius 2 is 1.76 bits per heavy atom. The molecule has 0 saturated heterocycles. The van der Waals surface area contributed by atoms with Crippen LogP contribution in [0.15, 0.2) is 96.4 Å². The summed E-state index contributed by atoms with van der Waals surface area (Å²) in [4.78, 5) is 17.0. The number of anilines is 1. The summed E-state index contributed by atoms with van der Waals surface area (Å²) in [6.45, 7) is 2.05. The predicted octanol–water partition coefficient (Wildman–Crippen LogP) is 5.52. The van der Waals surface area contributed by atoms with Crippen LogP contribution in [0.4, 0.5) is 5.69 Å². The summed E-state index contributed by atoms with van der Waals surface area (Å²) in [6.07, 6.45) is 3.49. The third-order valence-corrected chi connectivity index (χ3v) is 6.23. The minimum atomic E-state index is -0.0985. The van der Waals surface area contributed by atoms with Crippen LogP contribution in [0.2, 0.25) is 0 Å². The summed E-state index contributed by atoms with van der Waals surface area (Å²) in [6, 6.07) is 25.8. The van der Waals surface area contributed by atoms with Crippen LogP contribution in [0.3, 0.4) is 0 Å². The van der Waals surface area contributed by atoms with E-state index in [1.165, 1.54) is 11.8 Å². The zero-order valence-electron chi connectivity index (χ0n) is 18.0. The van der Waals surface area contributed by atoms with Crippen LogP contribution in [0.1, 0.15) is 5.56 Å². The van der Waals surface area contributed by atoms with Crippen LogP contribution < -0.4 is 5.32 Å². The third-order valence-electron chi connectivity index (χ3n) is 5.31. The summed E-state index contributed by atoms with van der Waals surface area (Å²) >= 11 is 1.36. The molecule has 6 nitrogen and oxygen atoms in total. The summed E-state index contributed by atoms with van der Waals surface area (Å²) in [7, 11) is 0. The molecule has 0 saturated carbocycles. The standard InChI is InChI=1S/C26H21N5OS/c1-18-8-2-5-14-23(18)31-25(20-11-7-15-27-16-20)29-30-26(31)33-17-24(32)28-22-13-6-10-19-9-3-4-12-21(19)22/h2-16H,17H2,1H3,(H,28,32). The lowest BCUT2D eigenvalue weighted by molar-refractivity contribution is -0.113. The van der Waals surface area contributed by atoms with Gasteiger partial charge in [0.1, 0.15) is 0 Å². The monoisotopic (exact) mass is 451 g/mol. The number of para-hydroxylation sites is 1. The van der Waals surface area contributed by atoms with E-state index >= 15 is 0 Å². The number of carbonyl (C=O) groups excluding carboxylic acids is 1. The maximum Gasteiger partial charge on any atom is 0.234 e. The second kappa shape index (κ2) is 9.26. The van der Waals surface area contributed by atoms with E-state index in [-0.39, 0.29) is 11.7 Å². The van der Waals surface area contributed by atoms with Gasteiger partial charge in [0.25, 0.3) is 0 Å². The van der Waals surface area contributed by atoms with Gasteiger partial charge in [-0.25, -0.2) is 0 Å². The topological polar surface area (TPSA) is 72.7 Å². The number of rotatable bonds is 6. The fourth-order valence-electron chi connectivity index (χ4n) is 3.73. The van der Waals surface area contributed by atoms with Crippen LogP contribution >= 0.6 is 11.8 Å². The van der Waals surface area contributed by atoms with E-state index in [1.807, 2.05) is 90.4 Å². The minimum absolute atomic E-state index is 0.0985. The van der Waals surface area contributed by atoms with E-state index in [4.69, 9.17) is 0 Å². The first-order valence-corrected chi connectivity index (χ1v) is 11.5. The van der Waals surface area contributed by atoms with Crippen molar-refractivity contribution in [2.75, 3.05) is 11.1 Å². The van der Waals surface area contributed by atoms with Crippen molar-refractivity contribution in [3.63, 3.8) is 0 Å². The number of pyridine rings is 1. The highest BCUT2D eigenvalue weighted by Crippen LogP contribution is 2.29. The molecule has 162 valence electrons. The number of fused-ring (bicyclic) bond motifs is 1. The lowest BCUT2D eigenvalue weighted by atomic mass is 10.1. The van der Waals surface area contributed by atoms with Gasteiger partial charge in [-0.3, -0.25) is 14.3 Å². The molecule has 0 aliphatic rings. The van der Waals surface area contributed by atoms with Gasteiger partial charge in [0.2, 0.25) is 5.91 Å². The average Bonchev–Trinajstić information content (AvgIpc) is 3.27. The normalized spacial score (nSPS) is 10.9. The van der Waals surface area contributed by atoms with Crippen LogP contribution in [0, 0.1) is 6.92 Å². The minimum Gasteiger partial charge on any atom is -0.325 e. The fraction of sp³-hybridized carbons (Fsp3) is 0.0769. The van der Waals surface area contributed by atoms with Crippen molar-refractivity contribution in [2.45, 2.75) is 12.1 Å². The molecule has 0 aliphatic heterocycles. The molecule has 5 aromatic rings. The largest absolute Gasteiger partial charge is 0.325 e. The van der Waals surface area contributed by atoms with Crippen molar-refractivity contribution in [3.05, 3.63) is 96.8 Å². The molecule has 1 amide bonds. The van der Waals surface area contributed by atoms with E-state index in [9.17, 15) is 4.79 Å². The van der Waals surface area contributed by atoms with E-state index in [0.29, 0.717) is 11.0 Å². The Bertz CT molecular complexity index is 1430. The smallest absolute Gasteiger partial charge is 0.234 e. The molecule has 2 heterocycles. The summed E-state index contributed by atoms with van der Waals surface area (Å²) in [5.74, 6) is 0.799. The van der Waals surface area contributed by atoms with E-state index in [0.717, 1.165) is 33.3 Å². The highest BCUT2D eigenvalue weighted by molar-refractivity contribution is 7.99. The molecule has 1 N–H and O–H groups in total. The molecule has 2 aromatic heterocycles. The van der Waals surface area contributed by atoms with Crippen molar-refractivity contribution >= 4 is 34.1 Å². The van der Waals surface area contributed by atoms with Crippen molar-refractivity contribution < 1.29 is 4.79 Å². The Labute approximate surface area is 195 Å². The van der Waals surface area contributed by atoms with Gasteiger partial charge in [-0.15, -0.1) is 10.2 Å². The number of aryl methyl sites for hydroxylation is 1. The fourth-order valence-corrected chi connectivity index (χ4v) is 4.47. The Morgan fingerprint density at radius 1 is 0.939 bits per heavy atom. The maximum atomic E-state index is 12.8. The molecule has 5 rings (SSSR count). The van der Waals surface area contributed by atoms with E-state index < -0.39 is 0 Å². The second-order valence-corrected chi connectivity index (χ2v) is 8.48. The van der Waals surface area contributed by atoms with Gasteiger partial charge in [-0.2, -0.15) is 0 Å². The average molecular weight is 452 g/mol. The molecule has 3 aromatic carbocycles. The number of benzene rings is 3. The molecule has 33 heavy (non-hydrogen) atoms. The number of hydrogen-bond donors (Lipinski definition) is 1. The third kappa shape index (κ3) is 4.36. The number of nitrogens with one attached hydrogen (secondary N) is 1. The molecule has 7 heteroatoms. The number of nitrogens with zero attached hydrogens (tertiary/aromatic N) is 4. The summed E-state index contributed by atoms with van der Waals surface area (Å²) in [5.41, 5.74) is 3.72. The number of thioether (sulfide) groups is 1. The van der Waals surface area contributed by atoms with Crippen LogP contribution in [0.5, 0.6) is 0 Å². The zero-order chi connectivity index (χ0) is 22.6. The van der Waals surface area contributed by atoms with E-state index in [1.54, 1.807) is 12.4 Å². The summed E-state index contributed by atoms with van der Waals surface area (Å²) in [5, 5.41) is 14.6. The summed E-state index contributed by atoms with van der Waals surface area (Å²) < 4.78 is 1.99. The van der Waals surface area contributed by atoms with Crippen molar-refractivity contribution in [1.29, 1.82) is 0 Å². The number of amides is 1. The first kappa shape index (κ1) is 20.9. The van der Waals surface area contributed by atoms with Crippen molar-refractivity contribution in [2.24, 2.45) is 0 Å². The van der Waals surface area contributed by atoms with Gasteiger partial charge >= 0.3 is 0 Å². The lowest BCUT2D eigenvalue weighted by Gasteiger charge is -2.13. The van der Waals surface area contributed by atoms with Gasteiger partial charge in [-0.05, 0) is 42.1 Å². The molecule has 0 bridgehead atoms. The predicted molar refractivity (Wildman–Crippen MR) is 133 cm³/mol. The molecule has 0 aliphatic carbocycles. The first-order valence-electron chi connectivity index (χ1n) is 10.5. The first-order chi connectivity index (χ1) is 16.2. The molecular weight excluding hydrogens is 430 g/mol. The maximum absolute atomic E-state index is 12.8. The zero-order valence-corrected chi connectivity index (χ0v) is 18.8. The molecule has 0 fully saturated rings. The number of hydrogen-bond acceptors (Lipinski definition) is 5. The highest BCUT2D eigenvalue weighted by atomic mass is 32.2. The van der Waals surface area contributed by atoms with Crippen LogP contribution in [-0.4, -0.2) is 31.4 Å². The molecule has 0 unspecified atom stereocenters.